The molecular formula is C33H45N3O6. The SMILES string of the molecule is COCCN1C(=O)N2Cc3cc(OC)cc(OC)c3C(C)(C)C=C2C12CCN(CCc1cc(OC)cc(OC)c1)CC2. The lowest BCUT2D eigenvalue weighted by atomic mass is 9.77. The first-order valence-electron chi connectivity index (χ1n) is 14.7. The largest absolute Gasteiger partial charge is 0.497 e. The van der Waals surface area contributed by atoms with Gasteiger partial charge in [-0.15, -0.1) is 0 Å². The van der Waals surface area contributed by atoms with E-state index in [0.717, 1.165) is 78.7 Å². The van der Waals surface area contributed by atoms with Crippen LogP contribution in [-0.4, -0.2) is 94.6 Å². The Morgan fingerprint density at radius 3 is 2.05 bits per heavy atom. The van der Waals surface area contributed by atoms with Crippen molar-refractivity contribution in [3.8, 4) is 23.0 Å². The number of allylic oxidation sites excluding steroid dienone is 1. The number of rotatable bonds is 10. The van der Waals surface area contributed by atoms with E-state index in [-0.39, 0.29) is 17.0 Å². The molecule has 3 heterocycles. The van der Waals surface area contributed by atoms with Crippen LogP contribution in [0.5, 0.6) is 23.0 Å². The minimum Gasteiger partial charge on any atom is -0.497 e. The van der Waals surface area contributed by atoms with Crippen molar-refractivity contribution in [1.29, 1.82) is 0 Å². The highest BCUT2D eigenvalue weighted by Crippen LogP contribution is 2.50. The molecule has 0 saturated carbocycles. The molecule has 0 bridgehead atoms. The molecule has 42 heavy (non-hydrogen) atoms. The van der Waals surface area contributed by atoms with Crippen molar-refractivity contribution in [1.82, 2.24) is 14.7 Å². The summed E-state index contributed by atoms with van der Waals surface area (Å²) >= 11 is 0. The zero-order valence-corrected chi connectivity index (χ0v) is 26.1. The van der Waals surface area contributed by atoms with Crippen molar-refractivity contribution in [3.63, 3.8) is 0 Å². The highest BCUT2D eigenvalue weighted by atomic mass is 16.5. The van der Waals surface area contributed by atoms with Crippen molar-refractivity contribution < 1.29 is 28.5 Å². The third kappa shape index (κ3) is 5.40. The Kier molecular flexibility index (Phi) is 8.62. The molecular weight excluding hydrogens is 534 g/mol. The summed E-state index contributed by atoms with van der Waals surface area (Å²) in [5.74, 6) is 3.12. The Hall–Kier alpha value is -3.43. The molecule has 228 valence electrons. The summed E-state index contributed by atoms with van der Waals surface area (Å²) < 4.78 is 27.9. The number of piperidine rings is 1. The Labute approximate surface area is 249 Å². The second kappa shape index (κ2) is 12.1. The van der Waals surface area contributed by atoms with E-state index in [4.69, 9.17) is 23.7 Å². The summed E-state index contributed by atoms with van der Waals surface area (Å²) in [7, 11) is 8.41. The molecule has 0 N–H and O–H groups in total. The van der Waals surface area contributed by atoms with Gasteiger partial charge < -0.3 is 33.5 Å². The van der Waals surface area contributed by atoms with Crippen LogP contribution in [0.2, 0.25) is 0 Å². The molecule has 3 aliphatic heterocycles. The van der Waals surface area contributed by atoms with Gasteiger partial charge in [0.15, 0.2) is 0 Å². The van der Waals surface area contributed by atoms with Crippen LogP contribution in [-0.2, 0) is 23.1 Å². The number of carbonyl (C=O) groups is 1. The molecule has 1 spiro atoms. The molecule has 3 aliphatic rings. The van der Waals surface area contributed by atoms with E-state index in [1.165, 1.54) is 5.56 Å². The number of hydrogen-bond donors (Lipinski definition) is 0. The standard InChI is InChI=1S/C33H45N3O6/c1-32(2)21-29-33(9-12-34(13-10-33)11-8-23-16-25(39-4)19-26(17-23)40-5)36(14-15-38-3)31(37)35(29)22-24-18-27(41-6)20-28(42-7)30(24)32/h16-21H,8-15,22H2,1-7H3. The summed E-state index contributed by atoms with van der Waals surface area (Å²) in [5, 5.41) is 0. The lowest BCUT2D eigenvalue weighted by Gasteiger charge is -2.45. The van der Waals surface area contributed by atoms with Gasteiger partial charge in [0.1, 0.15) is 23.0 Å². The molecule has 2 amide bonds. The van der Waals surface area contributed by atoms with E-state index in [1.54, 1.807) is 35.5 Å². The molecule has 9 nitrogen and oxygen atoms in total. The number of carbonyl (C=O) groups excluding carboxylic acids is 1. The maximum Gasteiger partial charge on any atom is 0.325 e. The predicted molar refractivity (Wildman–Crippen MR) is 162 cm³/mol. The minimum atomic E-state index is -0.387. The van der Waals surface area contributed by atoms with E-state index >= 15 is 0 Å². The first-order valence-corrected chi connectivity index (χ1v) is 14.7. The van der Waals surface area contributed by atoms with Crippen LogP contribution >= 0.6 is 0 Å². The summed E-state index contributed by atoms with van der Waals surface area (Å²) in [6.45, 7) is 8.68. The first-order chi connectivity index (χ1) is 20.2. The van der Waals surface area contributed by atoms with E-state index in [1.807, 2.05) is 23.1 Å². The van der Waals surface area contributed by atoms with Crippen LogP contribution in [0, 0.1) is 0 Å². The number of amides is 2. The van der Waals surface area contributed by atoms with Gasteiger partial charge in [-0.2, -0.15) is 0 Å². The molecule has 2 aromatic carbocycles. The third-order valence-corrected chi connectivity index (χ3v) is 9.16. The third-order valence-electron chi connectivity index (χ3n) is 9.16. The Morgan fingerprint density at radius 2 is 1.45 bits per heavy atom. The van der Waals surface area contributed by atoms with Gasteiger partial charge in [-0.25, -0.2) is 4.79 Å². The smallest absolute Gasteiger partial charge is 0.325 e. The van der Waals surface area contributed by atoms with Crippen molar-refractivity contribution in [2.75, 3.05) is 68.3 Å². The quantitative estimate of drug-likeness (QED) is 0.398. The van der Waals surface area contributed by atoms with Gasteiger partial charge in [-0.05, 0) is 48.6 Å². The number of methoxy groups -OCH3 is 5. The van der Waals surface area contributed by atoms with Crippen LogP contribution < -0.4 is 18.9 Å². The van der Waals surface area contributed by atoms with Crippen molar-refractivity contribution in [3.05, 3.63) is 58.8 Å². The number of urea groups is 1. The molecule has 5 rings (SSSR count). The van der Waals surface area contributed by atoms with E-state index in [2.05, 4.69) is 41.9 Å². The molecule has 0 radical (unpaired) electrons. The van der Waals surface area contributed by atoms with Gasteiger partial charge in [0, 0.05) is 62.1 Å². The van der Waals surface area contributed by atoms with Gasteiger partial charge in [-0.3, -0.25) is 4.90 Å². The van der Waals surface area contributed by atoms with Crippen molar-refractivity contribution in [2.24, 2.45) is 0 Å². The molecule has 0 aliphatic carbocycles. The number of benzene rings is 2. The van der Waals surface area contributed by atoms with Crippen LogP contribution in [0.15, 0.2) is 42.1 Å². The lowest BCUT2D eigenvalue weighted by Crippen LogP contribution is -2.54. The Balaban J connectivity index is 1.43. The van der Waals surface area contributed by atoms with E-state index in [0.29, 0.717) is 19.7 Å². The molecule has 9 heteroatoms. The average molecular weight is 580 g/mol. The number of fused-ring (bicyclic) bond motifs is 3. The predicted octanol–water partition coefficient (Wildman–Crippen LogP) is 4.86. The summed E-state index contributed by atoms with van der Waals surface area (Å²) in [6, 6.07) is 10.1. The second-order valence-electron chi connectivity index (χ2n) is 12.0. The van der Waals surface area contributed by atoms with Crippen LogP contribution in [0.3, 0.4) is 0 Å². The van der Waals surface area contributed by atoms with Crippen LogP contribution in [0.1, 0.15) is 43.4 Å². The van der Waals surface area contributed by atoms with E-state index < -0.39 is 0 Å². The zero-order chi connectivity index (χ0) is 30.1. The maximum absolute atomic E-state index is 14.2. The number of ether oxygens (including phenoxy) is 5. The summed E-state index contributed by atoms with van der Waals surface area (Å²) in [5.41, 5.74) is 3.69. The number of hydrogen-bond acceptors (Lipinski definition) is 7. The fourth-order valence-corrected chi connectivity index (χ4v) is 7.01. The Bertz CT molecular complexity index is 1310. The van der Waals surface area contributed by atoms with Gasteiger partial charge in [0.2, 0.25) is 0 Å². The first kappa shape index (κ1) is 30.0. The summed E-state index contributed by atoms with van der Waals surface area (Å²) in [6.07, 6.45) is 4.93. The van der Waals surface area contributed by atoms with Crippen molar-refractivity contribution >= 4 is 6.03 Å². The minimum absolute atomic E-state index is 0.0423. The monoisotopic (exact) mass is 579 g/mol. The molecule has 2 fully saturated rings. The maximum atomic E-state index is 14.2. The van der Waals surface area contributed by atoms with Gasteiger partial charge in [0.25, 0.3) is 0 Å². The van der Waals surface area contributed by atoms with Crippen LogP contribution in [0.25, 0.3) is 0 Å². The molecule has 0 unspecified atom stereocenters. The second-order valence-corrected chi connectivity index (χ2v) is 12.0. The molecule has 2 saturated heterocycles. The fraction of sp³-hybridized carbons (Fsp3) is 0.545. The van der Waals surface area contributed by atoms with Gasteiger partial charge in [-0.1, -0.05) is 19.9 Å². The summed E-state index contributed by atoms with van der Waals surface area (Å²) in [4.78, 5) is 20.7. The highest BCUT2D eigenvalue weighted by Gasteiger charge is 2.56. The topological polar surface area (TPSA) is 72.9 Å². The molecule has 0 atom stereocenters. The lowest BCUT2D eigenvalue weighted by molar-refractivity contribution is 0.0695. The van der Waals surface area contributed by atoms with Crippen molar-refractivity contribution in [2.45, 2.75) is 50.6 Å². The number of likely N-dealkylation sites (tertiary alicyclic amines) is 1. The number of nitrogens with zero attached hydrogens (tertiary/aromatic N) is 3. The average Bonchev–Trinajstić information content (AvgIpc) is 3.10. The van der Waals surface area contributed by atoms with Gasteiger partial charge >= 0.3 is 6.03 Å². The highest BCUT2D eigenvalue weighted by molar-refractivity contribution is 5.83. The fourth-order valence-electron chi connectivity index (χ4n) is 7.01. The normalized spacial score (nSPS) is 19.2. The van der Waals surface area contributed by atoms with Crippen LogP contribution in [0.4, 0.5) is 4.79 Å². The molecule has 2 aromatic rings. The molecule has 0 aromatic heterocycles. The van der Waals surface area contributed by atoms with Gasteiger partial charge in [0.05, 0.1) is 47.1 Å². The van der Waals surface area contributed by atoms with E-state index in [9.17, 15) is 4.79 Å². The zero-order valence-electron chi connectivity index (χ0n) is 26.1. The Morgan fingerprint density at radius 1 is 0.810 bits per heavy atom.